The van der Waals surface area contributed by atoms with Gasteiger partial charge in [-0.2, -0.15) is 10.5 Å². The van der Waals surface area contributed by atoms with E-state index in [1.807, 2.05) is 36.4 Å². The van der Waals surface area contributed by atoms with Gasteiger partial charge in [0.15, 0.2) is 8.32 Å². The number of hydrogen-bond donors (Lipinski definition) is 0. The van der Waals surface area contributed by atoms with Gasteiger partial charge < -0.3 is 8.84 Å². The molecular formula is C24H30N2O3Si. The third-order valence-electron chi connectivity index (χ3n) is 5.76. The van der Waals surface area contributed by atoms with E-state index in [1.54, 1.807) is 0 Å². The molecule has 0 aliphatic rings. The van der Waals surface area contributed by atoms with Crippen molar-refractivity contribution in [2.24, 2.45) is 5.92 Å². The quantitative estimate of drug-likeness (QED) is 0.507. The monoisotopic (exact) mass is 422 g/mol. The molecule has 5 nitrogen and oxygen atoms in total. The molecule has 6 heteroatoms. The van der Waals surface area contributed by atoms with Gasteiger partial charge in [0.25, 0.3) is 0 Å². The molecule has 0 fully saturated rings. The molecule has 0 spiro atoms. The molecule has 158 valence electrons. The summed E-state index contributed by atoms with van der Waals surface area (Å²) in [6.45, 7) is 12.7. The van der Waals surface area contributed by atoms with Crippen LogP contribution in [0.2, 0.25) is 18.1 Å². The second-order valence-corrected chi connectivity index (χ2v) is 14.0. The maximum atomic E-state index is 11.7. The van der Waals surface area contributed by atoms with Crippen molar-refractivity contribution in [3.63, 3.8) is 0 Å². The highest BCUT2D eigenvalue weighted by molar-refractivity contribution is 6.74. The van der Waals surface area contributed by atoms with Gasteiger partial charge in [0.1, 0.15) is 23.2 Å². The Bertz CT molecular complexity index is 945. The first-order valence-corrected chi connectivity index (χ1v) is 13.0. The summed E-state index contributed by atoms with van der Waals surface area (Å²) in [6.07, 6.45) is 0.165. The van der Waals surface area contributed by atoms with Gasteiger partial charge in [-0.25, -0.2) is 0 Å². The molecule has 1 aromatic heterocycles. The molecule has 0 saturated heterocycles. The van der Waals surface area contributed by atoms with Crippen LogP contribution in [0.5, 0.6) is 0 Å². The standard InChI is InChI=1S/C24H30N2O3Si/c1-17(27)12-21-13-19(16-28-30(5,6)24(2,3)4)23(29-21)22(20(14-25)15-26)18-10-8-7-9-11-18/h7-11,13,20,22H,12,16H2,1-6H3/t22-/m1/s1. The Hall–Kier alpha value is -2.67. The Morgan fingerprint density at radius 2 is 1.77 bits per heavy atom. The summed E-state index contributed by atoms with van der Waals surface area (Å²) in [6, 6.07) is 15.5. The zero-order valence-electron chi connectivity index (χ0n) is 18.7. The summed E-state index contributed by atoms with van der Waals surface area (Å²) in [5.74, 6) is -0.429. The Kier molecular flexibility index (Phi) is 7.42. The largest absolute Gasteiger partial charge is 0.464 e. The lowest BCUT2D eigenvalue weighted by Gasteiger charge is -2.36. The first-order chi connectivity index (χ1) is 14.0. The van der Waals surface area contributed by atoms with Gasteiger partial charge in [-0.3, -0.25) is 4.79 Å². The van der Waals surface area contributed by atoms with E-state index in [4.69, 9.17) is 8.84 Å². The molecular weight excluding hydrogens is 392 g/mol. The minimum Gasteiger partial charge on any atom is -0.464 e. The molecule has 1 heterocycles. The van der Waals surface area contributed by atoms with Crippen molar-refractivity contribution in [3.8, 4) is 12.1 Å². The van der Waals surface area contributed by atoms with Crippen LogP contribution in [0.25, 0.3) is 0 Å². The van der Waals surface area contributed by atoms with Crippen molar-refractivity contribution in [2.45, 2.75) is 64.8 Å². The van der Waals surface area contributed by atoms with E-state index >= 15 is 0 Å². The molecule has 0 radical (unpaired) electrons. The fraction of sp³-hybridized carbons (Fsp3) is 0.458. The number of rotatable bonds is 8. The summed E-state index contributed by atoms with van der Waals surface area (Å²) < 4.78 is 12.5. The van der Waals surface area contributed by atoms with E-state index in [-0.39, 0.29) is 17.2 Å². The van der Waals surface area contributed by atoms with Crippen molar-refractivity contribution in [1.82, 2.24) is 0 Å². The molecule has 0 bridgehead atoms. The van der Waals surface area contributed by atoms with Crippen molar-refractivity contribution in [3.05, 3.63) is 59.0 Å². The fourth-order valence-electron chi connectivity index (χ4n) is 3.02. The van der Waals surface area contributed by atoms with E-state index in [0.717, 1.165) is 11.1 Å². The predicted octanol–water partition coefficient (Wildman–Crippen LogP) is 5.73. The van der Waals surface area contributed by atoms with Crippen LogP contribution in [0, 0.1) is 28.6 Å². The first-order valence-electron chi connectivity index (χ1n) is 10.1. The van der Waals surface area contributed by atoms with Crippen LogP contribution < -0.4 is 0 Å². The fourth-order valence-corrected chi connectivity index (χ4v) is 3.97. The highest BCUT2D eigenvalue weighted by atomic mass is 28.4. The topological polar surface area (TPSA) is 87.0 Å². The molecule has 2 rings (SSSR count). The Labute approximate surface area is 180 Å². The van der Waals surface area contributed by atoms with E-state index in [0.29, 0.717) is 18.1 Å². The summed E-state index contributed by atoms with van der Waals surface area (Å²) >= 11 is 0. The van der Waals surface area contributed by atoms with Crippen molar-refractivity contribution < 1.29 is 13.6 Å². The Morgan fingerprint density at radius 3 is 2.27 bits per heavy atom. The van der Waals surface area contributed by atoms with Gasteiger partial charge in [0.05, 0.1) is 31.1 Å². The lowest BCUT2D eigenvalue weighted by molar-refractivity contribution is -0.116. The van der Waals surface area contributed by atoms with Gasteiger partial charge in [0, 0.05) is 5.56 Å². The van der Waals surface area contributed by atoms with Gasteiger partial charge >= 0.3 is 0 Å². The molecule has 0 amide bonds. The minimum atomic E-state index is -2.03. The first kappa shape index (κ1) is 23.6. The molecule has 1 atom stereocenters. The zero-order valence-corrected chi connectivity index (χ0v) is 19.7. The average Bonchev–Trinajstić information content (AvgIpc) is 3.05. The Balaban J connectivity index is 2.54. The molecule has 30 heavy (non-hydrogen) atoms. The van der Waals surface area contributed by atoms with Crippen molar-refractivity contribution in [1.29, 1.82) is 10.5 Å². The molecule has 0 saturated carbocycles. The van der Waals surface area contributed by atoms with Crippen LogP contribution in [-0.4, -0.2) is 14.1 Å². The number of nitriles is 2. The summed E-state index contributed by atoms with van der Waals surface area (Å²) in [5.41, 5.74) is 1.61. The highest BCUT2D eigenvalue weighted by Gasteiger charge is 2.38. The summed E-state index contributed by atoms with van der Waals surface area (Å²) in [5, 5.41) is 19.3. The highest BCUT2D eigenvalue weighted by Crippen LogP contribution is 2.39. The summed E-state index contributed by atoms with van der Waals surface area (Å²) in [4.78, 5) is 11.7. The number of nitrogens with zero attached hydrogens (tertiary/aromatic N) is 2. The van der Waals surface area contributed by atoms with Crippen LogP contribution >= 0.6 is 0 Å². The number of furan rings is 1. The van der Waals surface area contributed by atoms with Crippen molar-refractivity contribution in [2.75, 3.05) is 0 Å². The van der Waals surface area contributed by atoms with Crippen LogP contribution in [-0.2, 0) is 22.2 Å². The maximum absolute atomic E-state index is 11.7. The predicted molar refractivity (Wildman–Crippen MR) is 118 cm³/mol. The smallest absolute Gasteiger partial charge is 0.192 e. The van der Waals surface area contributed by atoms with E-state index in [9.17, 15) is 15.3 Å². The molecule has 0 unspecified atom stereocenters. The van der Waals surface area contributed by atoms with Crippen LogP contribution in [0.3, 0.4) is 0 Å². The number of ketones is 1. The number of carbonyl (C=O) groups excluding carboxylic acids is 1. The normalized spacial score (nSPS) is 13.0. The summed E-state index contributed by atoms with van der Waals surface area (Å²) in [7, 11) is -2.03. The molecule has 2 aromatic rings. The Morgan fingerprint density at radius 1 is 1.17 bits per heavy atom. The maximum Gasteiger partial charge on any atom is 0.192 e. The molecule has 0 N–H and O–H groups in total. The van der Waals surface area contributed by atoms with E-state index < -0.39 is 20.2 Å². The third kappa shape index (κ3) is 5.47. The van der Waals surface area contributed by atoms with E-state index in [2.05, 4.69) is 46.0 Å². The van der Waals surface area contributed by atoms with Crippen LogP contribution in [0.15, 0.2) is 40.8 Å². The van der Waals surface area contributed by atoms with E-state index in [1.165, 1.54) is 6.92 Å². The van der Waals surface area contributed by atoms with Crippen molar-refractivity contribution >= 4 is 14.1 Å². The zero-order chi connectivity index (χ0) is 22.5. The lowest BCUT2D eigenvalue weighted by Crippen LogP contribution is -2.40. The second kappa shape index (κ2) is 9.43. The lowest BCUT2D eigenvalue weighted by atomic mass is 9.84. The number of hydrogen-bond acceptors (Lipinski definition) is 5. The number of benzene rings is 1. The van der Waals surface area contributed by atoms with Crippen LogP contribution in [0.1, 0.15) is 56.3 Å². The number of carbonyl (C=O) groups is 1. The van der Waals surface area contributed by atoms with Crippen LogP contribution in [0.4, 0.5) is 0 Å². The number of Topliss-reactive ketones (excluding diaryl/α,β-unsaturated/α-hetero) is 1. The average molecular weight is 423 g/mol. The van der Waals surface area contributed by atoms with Gasteiger partial charge in [-0.15, -0.1) is 0 Å². The van der Waals surface area contributed by atoms with Gasteiger partial charge in [-0.05, 0) is 36.7 Å². The molecule has 0 aliphatic carbocycles. The second-order valence-electron chi connectivity index (χ2n) is 9.15. The van der Waals surface area contributed by atoms with Gasteiger partial charge in [-0.1, -0.05) is 51.1 Å². The molecule has 0 aliphatic heterocycles. The molecule has 1 aromatic carbocycles. The minimum absolute atomic E-state index is 0.0134. The SMILES string of the molecule is CC(=O)Cc1cc(CO[Si](C)(C)C(C)(C)C)c([C@H](c2ccccc2)C(C#N)C#N)o1. The third-order valence-corrected chi connectivity index (χ3v) is 10.2. The van der Waals surface area contributed by atoms with Gasteiger partial charge in [0.2, 0.25) is 0 Å².